The number of nitrogens with zero attached hydrogens (tertiary/aromatic N) is 2. The maximum Gasteiger partial charge on any atom is 0.211 e. The third-order valence-electron chi connectivity index (χ3n) is 4.54. The normalized spacial score (nSPS) is 17.0. The zero-order valence-electron chi connectivity index (χ0n) is 16.4. The van der Waals surface area contributed by atoms with E-state index in [1.807, 2.05) is 37.3 Å². The van der Waals surface area contributed by atoms with E-state index in [0.29, 0.717) is 45.3 Å². The fraction of sp³-hybridized carbons (Fsp3) is 0.632. The van der Waals surface area contributed by atoms with Crippen LogP contribution in [0.3, 0.4) is 0 Å². The van der Waals surface area contributed by atoms with Gasteiger partial charge in [-0.3, -0.25) is 4.99 Å². The number of sulfonamides is 1. The molecule has 1 aromatic carbocycles. The van der Waals surface area contributed by atoms with Crippen molar-refractivity contribution in [3.63, 3.8) is 0 Å². The highest BCUT2D eigenvalue weighted by atomic mass is 32.2. The summed E-state index contributed by atoms with van der Waals surface area (Å²) in [6, 6.07) is 10.1. The van der Waals surface area contributed by atoms with Crippen LogP contribution in [0.25, 0.3) is 0 Å². The van der Waals surface area contributed by atoms with E-state index < -0.39 is 10.0 Å². The van der Waals surface area contributed by atoms with Crippen LogP contribution in [0.15, 0.2) is 35.3 Å². The van der Waals surface area contributed by atoms with Crippen molar-refractivity contribution in [2.24, 2.45) is 10.9 Å². The molecule has 0 unspecified atom stereocenters. The van der Waals surface area contributed by atoms with Gasteiger partial charge in [0.1, 0.15) is 0 Å². The molecule has 0 amide bonds. The van der Waals surface area contributed by atoms with Crippen molar-refractivity contribution in [1.29, 1.82) is 0 Å². The lowest BCUT2D eigenvalue weighted by Crippen LogP contribution is -2.40. The van der Waals surface area contributed by atoms with Crippen molar-refractivity contribution in [2.45, 2.75) is 26.4 Å². The summed E-state index contributed by atoms with van der Waals surface area (Å²) in [5.74, 6) is 1.21. The van der Waals surface area contributed by atoms with E-state index in [9.17, 15) is 8.42 Å². The second kappa shape index (κ2) is 11.3. The molecule has 2 N–H and O–H groups in total. The summed E-state index contributed by atoms with van der Waals surface area (Å²) < 4.78 is 30.4. The van der Waals surface area contributed by atoms with E-state index in [2.05, 4.69) is 15.6 Å². The third-order valence-corrected chi connectivity index (χ3v) is 5.85. The number of hydrogen-bond acceptors (Lipinski definition) is 4. The smallest absolute Gasteiger partial charge is 0.211 e. The molecular formula is C19H32N4O3S. The Morgan fingerprint density at radius 3 is 2.56 bits per heavy atom. The maximum atomic E-state index is 11.6. The van der Waals surface area contributed by atoms with Crippen LogP contribution >= 0.6 is 0 Å². The molecule has 0 aliphatic carbocycles. The average Bonchev–Trinajstić information content (AvgIpc) is 2.66. The van der Waals surface area contributed by atoms with E-state index in [-0.39, 0.29) is 0 Å². The largest absolute Gasteiger partial charge is 0.375 e. The Balaban J connectivity index is 1.68. The van der Waals surface area contributed by atoms with Crippen molar-refractivity contribution < 1.29 is 13.2 Å². The van der Waals surface area contributed by atoms with E-state index in [1.165, 1.54) is 11.8 Å². The van der Waals surface area contributed by atoms with Crippen LogP contribution in [0.4, 0.5) is 0 Å². The summed E-state index contributed by atoms with van der Waals surface area (Å²) in [4.78, 5) is 4.65. The first-order valence-corrected chi connectivity index (χ1v) is 11.4. The van der Waals surface area contributed by atoms with E-state index in [4.69, 9.17) is 4.74 Å². The van der Waals surface area contributed by atoms with E-state index in [0.717, 1.165) is 25.3 Å². The molecule has 0 atom stereocenters. The Morgan fingerprint density at radius 2 is 1.93 bits per heavy atom. The number of aliphatic imine (C=N–C) groups is 1. The van der Waals surface area contributed by atoms with Crippen molar-refractivity contribution >= 4 is 16.0 Å². The van der Waals surface area contributed by atoms with Gasteiger partial charge in [0.2, 0.25) is 10.0 Å². The highest BCUT2D eigenvalue weighted by Crippen LogP contribution is 2.19. The van der Waals surface area contributed by atoms with Crippen LogP contribution in [0, 0.1) is 5.92 Å². The van der Waals surface area contributed by atoms with Crippen molar-refractivity contribution in [1.82, 2.24) is 14.9 Å². The first-order valence-electron chi connectivity index (χ1n) is 9.58. The van der Waals surface area contributed by atoms with Gasteiger partial charge in [-0.2, -0.15) is 0 Å². The summed E-state index contributed by atoms with van der Waals surface area (Å²) in [7, 11) is -3.07. The summed E-state index contributed by atoms with van der Waals surface area (Å²) in [6.07, 6.45) is 2.99. The molecule has 8 heteroatoms. The van der Waals surface area contributed by atoms with Crippen LogP contribution in [0.1, 0.15) is 25.3 Å². The van der Waals surface area contributed by atoms with E-state index >= 15 is 0 Å². The number of benzene rings is 1. The first-order chi connectivity index (χ1) is 13.0. The zero-order chi connectivity index (χ0) is 19.5. The molecule has 7 nitrogen and oxygen atoms in total. The van der Waals surface area contributed by atoms with Gasteiger partial charge in [-0.15, -0.1) is 0 Å². The number of guanidine groups is 1. The zero-order valence-corrected chi connectivity index (χ0v) is 17.2. The van der Waals surface area contributed by atoms with E-state index in [1.54, 1.807) is 4.31 Å². The molecule has 0 bridgehead atoms. The monoisotopic (exact) mass is 396 g/mol. The van der Waals surface area contributed by atoms with Gasteiger partial charge in [0.15, 0.2) is 5.96 Å². The minimum absolute atomic E-state index is 0.424. The van der Waals surface area contributed by atoms with Crippen LogP contribution in [-0.4, -0.2) is 64.3 Å². The second-order valence-electron chi connectivity index (χ2n) is 6.79. The molecule has 27 heavy (non-hydrogen) atoms. The lowest BCUT2D eigenvalue weighted by atomic mass is 9.98. The maximum absolute atomic E-state index is 11.6. The standard InChI is InChI=1S/C19H32N4O3S/c1-3-20-19(21-11-14-26-16-18-7-5-4-6-8-18)22-15-17-9-12-23(13-10-17)27(2,24)25/h4-8,17H,3,9-16H2,1-2H3,(H2,20,21,22). The molecule has 0 spiro atoms. The Kier molecular flexibility index (Phi) is 9.03. The number of piperidine rings is 1. The molecule has 0 radical (unpaired) electrons. The number of ether oxygens (including phenoxy) is 1. The Bertz CT molecular complexity index is 671. The average molecular weight is 397 g/mol. The molecule has 0 saturated carbocycles. The summed E-state index contributed by atoms with van der Waals surface area (Å²) >= 11 is 0. The minimum Gasteiger partial charge on any atom is -0.375 e. The van der Waals surface area contributed by atoms with Crippen LogP contribution in [0.2, 0.25) is 0 Å². The molecule has 1 aliphatic heterocycles. The molecule has 1 aromatic rings. The van der Waals surface area contributed by atoms with Crippen LogP contribution in [0.5, 0.6) is 0 Å². The first kappa shape index (κ1) is 21.7. The predicted molar refractivity (Wildman–Crippen MR) is 109 cm³/mol. The number of nitrogens with one attached hydrogen (secondary N) is 2. The third kappa shape index (κ3) is 8.28. The van der Waals surface area contributed by atoms with Gasteiger partial charge < -0.3 is 15.4 Å². The summed E-state index contributed by atoms with van der Waals surface area (Å²) in [5.41, 5.74) is 1.17. The molecule has 0 aromatic heterocycles. The van der Waals surface area contributed by atoms with Gasteiger partial charge in [0.05, 0.1) is 19.5 Å². The molecule has 1 fully saturated rings. The fourth-order valence-electron chi connectivity index (χ4n) is 2.99. The topological polar surface area (TPSA) is 83.0 Å². The van der Waals surface area contributed by atoms with Gasteiger partial charge in [-0.05, 0) is 31.2 Å². The number of hydrogen-bond donors (Lipinski definition) is 2. The second-order valence-corrected chi connectivity index (χ2v) is 8.77. The molecule has 1 aliphatic rings. The predicted octanol–water partition coefficient (Wildman–Crippen LogP) is 1.43. The lowest BCUT2D eigenvalue weighted by molar-refractivity contribution is 0.125. The lowest BCUT2D eigenvalue weighted by Gasteiger charge is -2.29. The fourth-order valence-corrected chi connectivity index (χ4v) is 3.87. The number of rotatable bonds is 9. The molecule has 2 rings (SSSR count). The highest BCUT2D eigenvalue weighted by molar-refractivity contribution is 7.88. The molecule has 152 valence electrons. The summed E-state index contributed by atoms with van der Waals surface area (Å²) in [5, 5.41) is 6.53. The van der Waals surface area contributed by atoms with Gasteiger partial charge in [0, 0.05) is 32.7 Å². The summed E-state index contributed by atoms with van der Waals surface area (Å²) in [6.45, 7) is 6.62. The van der Waals surface area contributed by atoms with Gasteiger partial charge in [0.25, 0.3) is 0 Å². The SMILES string of the molecule is CCNC(=NCC1CCN(S(C)(=O)=O)CC1)NCCOCc1ccccc1. The molecule has 1 heterocycles. The van der Waals surface area contributed by atoms with Crippen LogP contribution in [-0.2, 0) is 21.4 Å². The Hall–Kier alpha value is -1.64. The quantitative estimate of drug-likeness (QED) is 0.375. The Morgan fingerprint density at radius 1 is 1.22 bits per heavy atom. The van der Waals surface area contributed by atoms with Crippen LogP contribution < -0.4 is 10.6 Å². The van der Waals surface area contributed by atoms with Gasteiger partial charge >= 0.3 is 0 Å². The van der Waals surface area contributed by atoms with Crippen molar-refractivity contribution in [2.75, 3.05) is 45.6 Å². The minimum atomic E-state index is -3.07. The van der Waals surface area contributed by atoms with Gasteiger partial charge in [-0.25, -0.2) is 12.7 Å². The van der Waals surface area contributed by atoms with Crippen molar-refractivity contribution in [3.05, 3.63) is 35.9 Å². The van der Waals surface area contributed by atoms with Gasteiger partial charge in [-0.1, -0.05) is 30.3 Å². The Labute approximate surface area is 163 Å². The van der Waals surface area contributed by atoms with Crippen molar-refractivity contribution in [3.8, 4) is 0 Å². The molecular weight excluding hydrogens is 364 g/mol. The molecule has 1 saturated heterocycles. The highest BCUT2D eigenvalue weighted by Gasteiger charge is 2.24.